The molecule has 0 aliphatic carbocycles. The Bertz CT molecular complexity index is 1190. The van der Waals surface area contributed by atoms with Crippen molar-refractivity contribution in [2.45, 2.75) is 18.2 Å². The van der Waals surface area contributed by atoms with Crippen molar-refractivity contribution in [2.24, 2.45) is 0 Å². The van der Waals surface area contributed by atoms with Crippen molar-refractivity contribution in [1.82, 2.24) is 19.9 Å². The van der Waals surface area contributed by atoms with Crippen LogP contribution in [-0.4, -0.2) is 56.9 Å². The predicted octanol–water partition coefficient (Wildman–Crippen LogP) is 2.19. The summed E-state index contributed by atoms with van der Waals surface area (Å²) in [5.41, 5.74) is 0.634. The van der Waals surface area contributed by atoms with Gasteiger partial charge in [0.25, 0.3) is 0 Å². The third-order valence-electron chi connectivity index (χ3n) is 4.49. The average molecular weight is 476 g/mol. The van der Waals surface area contributed by atoms with Crippen molar-refractivity contribution in [3.8, 4) is 28.6 Å². The van der Waals surface area contributed by atoms with Gasteiger partial charge in [-0.05, 0) is 43.3 Å². The van der Waals surface area contributed by atoms with Crippen molar-refractivity contribution in [3.05, 3.63) is 42.5 Å². The monoisotopic (exact) mass is 475 g/mol. The first-order valence-corrected chi connectivity index (χ1v) is 11.5. The SMILES string of the molecule is CCOc1ccc(S(=O)(=O)NCCC(=O)Nc2n[nH]c(-c3ccc(OC)cc3OC)n2)cc1. The molecule has 3 N–H and O–H groups in total. The van der Waals surface area contributed by atoms with Gasteiger partial charge in [0.1, 0.15) is 17.2 Å². The molecule has 3 rings (SSSR count). The first-order chi connectivity index (χ1) is 15.9. The van der Waals surface area contributed by atoms with Crippen LogP contribution in [-0.2, 0) is 14.8 Å². The van der Waals surface area contributed by atoms with Gasteiger partial charge in [-0.15, -0.1) is 5.10 Å². The summed E-state index contributed by atoms with van der Waals surface area (Å²) in [5, 5.41) is 9.24. The van der Waals surface area contributed by atoms with Crippen molar-refractivity contribution < 1.29 is 27.4 Å². The Balaban J connectivity index is 1.55. The molecular formula is C21H25N5O6S. The van der Waals surface area contributed by atoms with E-state index >= 15 is 0 Å². The molecule has 11 nitrogen and oxygen atoms in total. The molecule has 0 atom stereocenters. The third kappa shape index (κ3) is 6.20. The van der Waals surface area contributed by atoms with Crippen molar-refractivity contribution in [2.75, 3.05) is 32.7 Å². The van der Waals surface area contributed by atoms with Crippen LogP contribution in [0.2, 0.25) is 0 Å². The fourth-order valence-corrected chi connectivity index (χ4v) is 3.92. The number of hydrogen-bond acceptors (Lipinski definition) is 8. The van der Waals surface area contributed by atoms with Crippen LogP contribution < -0.4 is 24.2 Å². The molecule has 0 spiro atoms. The van der Waals surface area contributed by atoms with Crippen LogP contribution in [0, 0.1) is 0 Å². The summed E-state index contributed by atoms with van der Waals surface area (Å²) in [6.07, 6.45) is -0.105. The molecule has 1 amide bonds. The van der Waals surface area contributed by atoms with Gasteiger partial charge >= 0.3 is 0 Å². The van der Waals surface area contributed by atoms with Gasteiger partial charge < -0.3 is 14.2 Å². The minimum atomic E-state index is -3.75. The molecule has 0 aliphatic heterocycles. The van der Waals surface area contributed by atoms with Gasteiger partial charge in [-0.1, -0.05) is 0 Å². The van der Waals surface area contributed by atoms with Gasteiger partial charge in [0.2, 0.25) is 21.9 Å². The van der Waals surface area contributed by atoms with Crippen LogP contribution in [0.4, 0.5) is 5.95 Å². The Labute approximate surface area is 191 Å². The number of hydrogen-bond donors (Lipinski definition) is 3. The van der Waals surface area contributed by atoms with Gasteiger partial charge in [-0.25, -0.2) is 13.1 Å². The summed E-state index contributed by atoms with van der Waals surface area (Å²) in [7, 11) is -0.683. The summed E-state index contributed by atoms with van der Waals surface area (Å²) in [4.78, 5) is 16.5. The van der Waals surface area contributed by atoms with E-state index in [2.05, 4.69) is 25.2 Å². The first-order valence-electron chi connectivity index (χ1n) is 10.0. The Kier molecular flexibility index (Phi) is 7.85. The second-order valence-electron chi connectivity index (χ2n) is 6.67. The largest absolute Gasteiger partial charge is 0.497 e. The number of rotatable bonds is 11. The lowest BCUT2D eigenvalue weighted by Crippen LogP contribution is -2.28. The molecule has 1 aromatic heterocycles. The maximum Gasteiger partial charge on any atom is 0.249 e. The maximum absolute atomic E-state index is 12.4. The van der Waals surface area contributed by atoms with Crippen LogP contribution in [0.3, 0.4) is 0 Å². The molecule has 0 fully saturated rings. The molecule has 0 radical (unpaired) electrons. The van der Waals surface area contributed by atoms with Crippen molar-refractivity contribution in [3.63, 3.8) is 0 Å². The van der Waals surface area contributed by atoms with Crippen LogP contribution in [0.25, 0.3) is 11.4 Å². The van der Waals surface area contributed by atoms with Gasteiger partial charge in [-0.3, -0.25) is 15.2 Å². The van der Waals surface area contributed by atoms with E-state index in [0.29, 0.717) is 35.2 Å². The molecule has 176 valence electrons. The number of carbonyl (C=O) groups excluding carboxylic acids is 1. The van der Waals surface area contributed by atoms with Gasteiger partial charge in [0.15, 0.2) is 5.82 Å². The lowest BCUT2D eigenvalue weighted by Gasteiger charge is -2.08. The summed E-state index contributed by atoms with van der Waals surface area (Å²) in [6.45, 7) is 2.23. The number of H-pyrrole nitrogens is 1. The van der Waals surface area contributed by atoms with Crippen molar-refractivity contribution >= 4 is 21.9 Å². The van der Waals surface area contributed by atoms with E-state index in [0.717, 1.165) is 0 Å². The van der Waals surface area contributed by atoms with E-state index in [1.54, 1.807) is 37.4 Å². The third-order valence-corrected chi connectivity index (χ3v) is 5.97. The summed E-state index contributed by atoms with van der Waals surface area (Å²) in [6, 6.07) is 11.2. The number of aromatic amines is 1. The van der Waals surface area contributed by atoms with Gasteiger partial charge in [-0.2, -0.15) is 4.98 Å². The molecule has 0 saturated carbocycles. The highest BCUT2D eigenvalue weighted by Crippen LogP contribution is 2.31. The smallest absolute Gasteiger partial charge is 0.249 e. The normalized spacial score (nSPS) is 11.1. The van der Waals surface area contributed by atoms with Crippen LogP contribution >= 0.6 is 0 Å². The standard InChI is InChI=1S/C21H25N5O6S/c1-4-32-14-5-8-16(9-6-14)33(28,29)22-12-11-19(27)23-21-24-20(25-26-21)17-10-7-15(30-2)13-18(17)31-3/h5-10,13,22H,4,11-12H2,1-3H3,(H2,23,24,25,26,27). The van der Waals surface area contributed by atoms with Crippen molar-refractivity contribution in [1.29, 1.82) is 0 Å². The van der Waals surface area contributed by atoms with Crippen LogP contribution in [0.5, 0.6) is 17.2 Å². The molecular weight excluding hydrogens is 450 g/mol. The number of ether oxygens (including phenoxy) is 3. The lowest BCUT2D eigenvalue weighted by atomic mass is 10.2. The first kappa shape index (κ1) is 24.0. The quantitative estimate of drug-likeness (QED) is 0.383. The summed E-state index contributed by atoms with van der Waals surface area (Å²) in [5.74, 6) is 1.72. The van der Waals surface area contributed by atoms with Gasteiger partial charge in [0, 0.05) is 19.0 Å². The fraction of sp³-hybridized carbons (Fsp3) is 0.286. The average Bonchev–Trinajstić information content (AvgIpc) is 3.27. The topological polar surface area (TPSA) is 145 Å². The zero-order chi connectivity index (χ0) is 23.8. The zero-order valence-corrected chi connectivity index (χ0v) is 19.2. The molecule has 0 bridgehead atoms. The number of carbonyl (C=O) groups is 1. The molecule has 12 heteroatoms. The van der Waals surface area contributed by atoms with Gasteiger partial charge in [0.05, 0.1) is 31.3 Å². The number of aromatic nitrogens is 3. The highest BCUT2D eigenvalue weighted by molar-refractivity contribution is 7.89. The Morgan fingerprint density at radius 3 is 2.45 bits per heavy atom. The zero-order valence-electron chi connectivity index (χ0n) is 18.4. The highest BCUT2D eigenvalue weighted by atomic mass is 32.2. The molecule has 0 aliphatic rings. The Morgan fingerprint density at radius 2 is 1.79 bits per heavy atom. The molecule has 2 aromatic carbocycles. The second kappa shape index (κ2) is 10.8. The number of nitrogens with zero attached hydrogens (tertiary/aromatic N) is 2. The van der Waals surface area contributed by atoms with Crippen LogP contribution in [0.1, 0.15) is 13.3 Å². The number of sulfonamides is 1. The number of anilines is 1. The molecule has 33 heavy (non-hydrogen) atoms. The molecule has 1 heterocycles. The summed E-state index contributed by atoms with van der Waals surface area (Å²) < 4.78 is 43.0. The number of nitrogens with one attached hydrogen (secondary N) is 3. The van der Waals surface area contributed by atoms with E-state index in [1.165, 1.54) is 19.2 Å². The Hall–Kier alpha value is -3.64. The maximum atomic E-state index is 12.4. The van der Waals surface area contributed by atoms with E-state index in [9.17, 15) is 13.2 Å². The molecule has 3 aromatic rings. The molecule has 0 saturated heterocycles. The number of amides is 1. The minimum absolute atomic E-state index is 0.0576. The molecule has 0 unspecified atom stereocenters. The Morgan fingerprint density at radius 1 is 1.06 bits per heavy atom. The van der Waals surface area contributed by atoms with Crippen LogP contribution in [0.15, 0.2) is 47.4 Å². The number of methoxy groups -OCH3 is 2. The van der Waals surface area contributed by atoms with E-state index in [1.807, 2.05) is 6.92 Å². The minimum Gasteiger partial charge on any atom is -0.497 e. The predicted molar refractivity (Wildman–Crippen MR) is 121 cm³/mol. The lowest BCUT2D eigenvalue weighted by molar-refractivity contribution is -0.116. The number of benzene rings is 2. The van der Waals surface area contributed by atoms with E-state index in [4.69, 9.17) is 14.2 Å². The second-order valence-corrected chi connectivity index (χ2v) is 8.44. The fourth-order valence-electron chi connectivity index (χ4n) is 2.88. The van der Waals surface area contributed by atoms with E-state index < -0.39 is 15.9 Å². The highest BCUT2D eigenvalue weighted by Gasteiger charge is 2.16. The summed E-state index contributed by atoms with van der Waals surface area (Å²) >= 11 is 0. The van der Waals surface area contributed by atoms with E-state index in [-0.39, 0.29) is 23.8 Å².